The first-order valence-electron chi connectivity index (χ1n) is 7.98. The summed E-state index contributed by atoms with van der Waals surface area (Å²) in [5.41, 5.74) is 1.36. The quantitative estimate of drug-likeness (QED) is 0.888. The maximum Gasteiger partial charge on any atom is 0.255 e. The maximum atomic E-state index is 12.3. The summed E-state index contributed by atoms with van der Waals surface area (Å²) in [5, 5.41) is 10.5. The minimum absolute atomic E-state index is 0.121. The van der Waals surface area contributed by atoms with E-state index < -0.39 is 6.04 Å². The van der Waals surface area contributed by atoms with Crippen molar-refractivity contribution in [3.8, 4) is 0 Å². The number of carbonyl (C=O) groups excluding carboxylic acids is 2. The Morgan fingerprint density at radius 3 is 3.04 bits per heavy atom. The Bertz CT molecular complexity index is 744. The third kappa shape index (κ3) is 3.94. The molecular weight excluding hydrogens is 328 g/mol. The zero-order valence-electron chi connectivity index (χ0n) is 13.2. The zero-order chi connectivity index (χ0) is 16.9. The average Bonchev–Trinajstić information content (AvgIpc) is 2.95. The maximum absolute atomic E-state index is 12.3. The van der Waals surface area contributed by atoms with E-state index in [0.717, 1.165) is 18.4 Å². The first-order chi connectivity index (χ1) is 11.6. The Hall–Kier alpha value is -2.34. The van der Waals surface area contributed by atoms with Crippen molar-refractivity contribution in [2.75, 3.05) is 6.54 Å². The molecule has 126 valence electrons. The van der Waals surface area contributed by atoms with Crippen LogP contribution < -0.4 is 10.6 Å². The smallest absolute Gasteiger partial charge is 0.255 e. The Balaban J connectivity index is 1.65. The Morgan fingerprint density at radius 2 is 2.21 bits per heavy atom. The number of benzene rings is 1. The van der Waals surface area contributed by atoms with Gasteiger partial charge in [0, 0.05) is 17.8 Å². The molecule has 3 rings (SSSR count). The van der Waals surface area contributed by atoms with Crippen molar-refractivity contribution < 1.29 is 9.59 Å². The molecule has 1 aromatic heterocycles. The number of hydrogen-bond acceptors (Lipinski definition) is 3. The van der Waals surface area contributed by atoms with Crippen molar-refractivity contribution >= 4 is 23.4 Å². The van der Waals surface area contributed by atoms with Gasteiger partial charge in [0.1, 0.15) is 6.04 Å². The molecule has 6 nitrogen and oxygen atoms in total. The van der Waals surface area contributed by atoms with Crippen molar-refractivity contribution in [1.82, 2.24) is 20.4 Å². The molecule has 2 N–H and O–H groups in total. The van der Waals surface area contributed by atoms with Crippen LogP contribution in [0.5, 0.6) is 0 Å². The van der Waals surface area contributed by atoms with Crippen LogP contribution in [0.2, 0.25) is 5.02 Å². The number of nitrogens with one attached hydrogen (secondary N) is 2. The predicted octanol–water partition coefficient (Wildman–Crippen LogP) is 1.98. The highest BCUT2D eigenvalue weighted by Crippen LogP contribution is 2.16. The Kier molecular flexibility index (Phi) is 5.15. The van der Waals surface area contributed by atoms with Gasteiger partial charge >= 0.3 is 0 Å². The molecule has 0 saturated carbocycles. The van der Waals surface area contributed by atoms with Crippen LogP contribution in [0.15, 0.2) is 36.7 Å². The van der Waals surface area contributed by atoms with Crippen molar-refractivity contribution in [1.29, 1.82) is 0 Å². The lowest BCUT2D eigenvalue weighted by atomic mass is 10.1. The fourth-order valence-corrected chi connectivity index (χ4v) is 2.88. The van der Waals surface area contributed by atoms with Gasteiger partial charge in [-0.2, -0.15) is 5.10 Å². The summed E-state index contributed by atoms with van der Waals surface area (Å²) in [7, 11) is 0. The molecule has 24 heavy (non-hydrogen) atoms. The minimum Gasteiger partial charge on any atom is -0.354 e. The normalized spacial score (nSPS) is 17.9. The van der Waals surface area contributed by atoms with Gasteiger partial charge in [-0.25, -0.2) is 0 Å². The van der Waals surface area contributed by atoms with Crippen LogP contribution in [0, 0.1) is 0 Å². The molecule has 2 aromatic rings. The standard InChI is InChI=1S/C17H19ClN4O2/c18-14-6-2-1-5-12(14)10-22-11-13(9-20-22)16(23)21-15-7-3-4-8-19-17(15)24/h1-2,5-6,9,11,15H,3-4,7-8,10H2,(H,19,24)(H,21,23)/t15-/m0/s1. The van der Waals surface area contributed by atoms with Gasteiger partial charge in [-0.05, 0) is 30.9 Å². The lowest BCUT2D eigenvalue weighted by molar-refractivity contribution is -0.122. The van der Waals surface area contributed by atoms with E-state index in [4.69, 9.17) is 11.6 Å². The highest BCUT2D eigenvalue weighted by molar-refractivity contribution is 6.31. The number of hydrogen-bond donors (Lipinski definition) is 2. The molecule has 1 aliphatic rings. The van der Waals surface area contributed by atoms with Crippen molar-refractivity contribution in [3.63, 3.8) is 0 Å². The fraction of sp³-hybridized carbons (Fsp3) is 0.353. The van der Waals surface area contributed by atoms with Crippen LogP contribution in [0.4, 0.5) is 0 Å². The first kappa shape index (κ1) is 16.5. The van der Waals surface area contributed by atoms with E-state index >= 15 is 0 Å². The molecular formula is C17H19ClN4O2. The summed E-state index contributed by atoms with van der Waals surface area (Å²) in [6, 6.07) is 7.03. The second kappa shape index (κ2) is 7.49. The molecule has 0 radical (unpaired) electrons. The summed E-state index contributed by atoms with van der Waals surface area (Å²) < 4.78 is 1.66. The molecule has 2 amide bonds. The van der Waals surface area contributed by atoms with Crippen LogP contribution in [0.1, 0.15) is 35.2 Å². The molecule has 2 heterocycles. The lowest BCUT2D eigenvalue weighted by Crippen LogP contribution is -2.45. The predicted molar refractivity (Wildman–Crippen MR) is 90.9 cm³/mol. The molecule has 0 spiro atoms. The second-order valence-electron chi connectivity index (χ2n) is 5.83. The van der Waals surface area contributed by atoms with E-state index in [1.807, 2.05) is 24.3 Å². The van der Waals surface area contributed by atoms with Gasteiger partial charge < -0.3 is 10.6 Å². The highest BCUT2D eigenvalue weighted by atomic mass is 35.5. The van der Waals surface area contributed by atoms with E-state index in [0.29, 0.717) is 30.1 Å². The summed E-state index contributed by atoms with van der Waals surface area (Å²) in [6.07, 6.45) is 5.67. The topological polar surface area (TPSA) is 76.0 Å². The van der Waals surface area contributed by atoms with Gasteiger partial charge in [-0.15, -0.1) is 0 Å². The summed E-state index contributed by atoms with van der Waals surface area (Å²) in [6.45, 7) is 1.15. The largest absolute Gasteiger partial charge is 0.354 e. The number of amides is 2. The van der Waals surface area contributed by atoms with Crippen LogP contribution in [0.25, 0.3) is 0 Å². The number of nitrogens with zero attached hydrogens (tertiary/aromatic N) is 2. The van der Waals surface area contributed by atoms with E-state index in [1.54, 1.807) is 10.9 Å². The number of aromatic nitrogens is 2. The number of carbonyl (C=O) groups is 2. The van der Waals surface area contributed by atoms with E-state index in [2.05, 4.69) is 15.7 Å². The number of halogens is 1. The van der Waals surface area contributed by atoms with Crippen LogP contribution >= 0.6 is 11.6 Å². The van der Waals surface area contributed by atoms with Crippen molar-refractivity contribution in [3.05, 3.63) is 52.8 Å². The summed E-state index contributed by atoms with van der Waals surface area (Å²) >= 11 is 6.14. The van der Waals surface area contributed by atoms with E-state index in [1.165, 1.54) is 6.20 Å². The molecule has 1 aromatic carbocycles. The fourth-order valence-electron chi connectivity index (χ4n) is 2.69. The number of rotatable bonds is 4. The summed E-state index contributed by atoms with van der Waals surface area (Å²) in [5.74, 6) is -0.410. The first-order valence-corrected chi connectivity index (χ1v) is 8.36. The van der Waals surface area contributed by atoms with Gasteiger partial charge in [-0.3, -0.25) is 14.3 Å². The van der Waals surface area contributed by atoms with Crippen LogP contribution in [-0.4, -0.2) is 34.2 Å². The zero-order valence-corrected chi connectivity index (χ0v) is 13.9. The Labute approximate surface area is 145 Å². The minimum atomic E-state index is -0.480. The van der Waals surface area contributed by atoms with Gasteiger partial charge in [0.05, 0.1) is 18.3 Å². The highest BCUT2D eigenvalue weighted by Gasteiger charge is 2.23. The molecule has 0 unspecified atom stereocenters. The SMILES string of the molecule is O=C(N[C@H]1CCCCNC1=O)c1cnn(Cc2ccccc2Cl)c1. The van der Waals surface area contributed by atoms with Crippen LogP contribution in [-0.2, 0) is 11.3 Å². The molecule has 0 bridgehead atoms. The van der Waals surface area contributed by atoms with Gasteiger partial charge in [-0.1, -0.05) is 29.8 Å². The molecule has 7 heteroatoms. The second-order valence-corrected chi connectivity index (χ2v) is 6.24. The van der Waals surface area contributed by atoms with Crippen LogP contribution in [0.3, 0.4) is 0 Å². The molecule has 1 aliphatic heterocycles. The third-order valence-corrected chi connectivity index (χ3v) is 4.39. The molecule has 1 atom stereocenters. The van der Waals surface area contributed by atoms with Gasteiger partial charge in [0.2, 0.25) is 5.91 Å². The average molecular weight is 347 g/mol. The third-order valence-electron chi connectivity index (χ3n) is 4.03. The Morgan fingerprint density at radius 1 is 1.38 bits per heavy atom. The molecule has 1 fully saturated rings. The molecule has 0 aliphatic carbocycles. The summed E-state index contributed by atoms with van der Waals surface area (Å²) in [4.78, 5) is 24.2. The lowest BCUT2D eigenvalue weighted by Gasteiger charge is -2.14. The van der Waals surface area contributed by atoms with E-state index in [-0.39, 0.29) is 11.8 Å². The van der Waals surface area contributed by atoms with Gasteiger partial charge in [0.25, 0.3) is 5.91 Å². The van der Waals surface area contributed by atoms with Gasteiger partial charge in [0.15, 0.2) is 0 Å². The monoisotopic (exact) mass is 346 g/mol. The van der Waals surface area contributed by atoms with Crippen molar-refractivity contribution in [2.24, 2.45) is 0 Å². The van der Waals surface area contributed by atoms with E-state index in [9.17, 15) is 9.59 Å². The van der Waals surface area contributed by atoms with Crippen molar-refractivity contribution in [2.45, 2.75) is 31.8 Å². The molecule has 1 saturated heterocycles.